The lowest BCUT2D eigenvalue weighted by Gasteiger charge is -2.35. The normalized spacial score (nSPS) is 21.6. The van der Waals surface area contributed by atoms with Gasteiger partial charge in [0, 0.05) is 42.5 Å². The molecule has 2 heterocycles. The minimum Gasteiger partial charge on any atom is -0.491 e. The van der Waals surface area contributed by atoms with Gasteiger partial charge in [0.1, 0.15) is 24.2 Å². The van der Waals surface area contributed by atoms with Crippen LogP contribution in [-0.4, -0.2) is 56.5 Å². The van der Waals surface area contributed by atoms with Crippen molar-refractivity contribution >= 4 is 35.0 Å². The summed E-state index contributed by atoms with van der Waals surface area (Å²) < 4.78 is 23.5. The van der Waals surface area contributed by atoms with Crippen LogP contribution in [0.2, 0.25) is 10.0 Å². The predicted octanol–water partition coefficient (Wildman–Crippen LogP) is 5.98. The number of carbonyl (C=O) groups is 1. The van der Waals surface area contributed by atoms with Crippen LogP contribution in [0.1, 0.15) is 12.5 Å². The predicted molar refractivity (Wildman–Crippen MR) is 143 cm³/mol. The molecule has 0 N–H and O–H groups in total. The van der Waals surface area contributed by atoms with Gasteiger partial charge in [-0.25, -0.2) is 4.79 Å². The zero-order chi connectivity index (χ0) is 25.8. The lowest BCUT2D eigenvalue weighted by Crippen LogP contribution is -2.49. The molecule has 1 unspecified atom stereocenters. The molecule has 194 valence electrons. The number of piperazine rings is 1. The molecule has 3 aromatic rings. The van der Waals surface area contributed by atoms with Gasteiger partial charge in [-0.05, 0) is 55.5 Å². The summed E-state index contributed by atoms with van der Waals surface area (Å²) in [6.45, 7) is 5.23. The fourth-order valence-corrected chi connectivity index (χ4v) is 5.04. The van der Waals surface area contributed by atoms with E-state index in [0.29, 0.717) is 42.1 Å². The van der Waals surface area contributed by atoms with Gasteiger partial charge in [-0.1, -0.05) is 47.5 Å². The summed E-state index contributed by atoms with van der Waals surface area (Å²) in [5.74, 6) is 0.351. The Morgan fingerprint density at radius 1 is 0.973 bits per heavy atom. The van der Waals surface area contributed by atoms with Crippen molar-refractivity contribution in [3.63, 3.8) is 0 Å². The molecule has 0 radical (unpaired) electrons. The van der Waals surface area contributed by atoms with Gasteiger partial charge in [-0.2, -0.15) is 0 Å². The van der Waals surface area contributed by atoms with Crippen molar-refractivity contribution in [2.24, 2.45) is 0 Å². The van der Waals surface area contributed by atoms with Gasteiger partial charge in [-0.15, -0.1) is 0 Å². The number of rotatable bonds is 6. The van der Waals surface area contributed by atoms with Gasteiger partial charge in [0.2, 0.25) is 0 Å². The van der Waals surface area contributed by atoms with Gasteiger partial charge in [0.25, 0.3) is 0 Å². The first kappa shape index (κ1) is 25.7. The molecule has 7 nitrogen and oxygen atoms in total. The van der Waals surface area contributed by atoms with Gasteiger partial charge in [-0.3, -0.25) is 0 Å². The fourth-order valence-electron chi connectivity index (χ4n) is 4.46. The number of carbonyl (C=O) groups excluding carboxylic acids is 1. The lowest BCUT2D eigenvalue weighted by molar-refractivity contribution is -0.164. The molecular formula is C28H28Cl2N2O5. The second-order valence-corrected chi connectivity index (χ2v) is 9.92. The number of benzene rings is 3. The molecule has 37 heavy (non-hydrogen) atoms. The number of hydrogen-bond acceptors (Lipinski definition) is 6. The summed E-state index contributed by atoms with van der Waals surface area (Å²) in [6, 6.07) is 22.3. The maximum Gasteiger partial charge on any atom is 0.415 e. The van der Waals surface area contributed by atoms with E-state index in [-0.39, 0.29) is 12.2 Å². The van der Waals surface area contributed by atoms with Crippen LogP contribution in [0, 0.1) is 0 Å². The van der Waals surface area contributed by atoms with Crippen LogP contribution >= 0.6 is 23.2 Å². The number of amides is 1. The maximum atomic E-state index is 12.4. The molecule has 2 fully saturated rings. The van der Waals surface area contributed by atoms with Crippen LogP contribution in [0.5, 0.6) is 11.5 Å². The SMILES string of the molecule is C[C@]1(c2ccc(Cl)cc2Cl)OCC(COc2ccc(N3CCN(C(=O)Oc4ccccc4)CC3)cc2)O1. The number of halogens is 2. The number of nitrogens with zero attached hydrogens (tertiary/aromatic N) is 2. The Bertz CT molecular complexity index is 1220. The van der Waals surface area contributed by atoms with E-state index in [9.17, 15) is 4.79 Å². The smallest absolute Gasteiger partial charge is 0.415 e. The van der Waals surface area contributed by atoms with E-state index >= 15 is 0 Å². The average Bonchev–Trinajstić information content (AvgIpc) is 3.30. The number of hydrogen-bond donors (Lipinski definition) is 0. The first-order valence-corrected chi connectivity index (χ1v) is 12.9. The minimum absolute atomic E-state index is 0.236. The molecule has 2 aliphatic rings. The summed E-state index contributed by atoms with van der Waals surface area (Å²) in [6.07, 6.45) is -0.553. The highest BCUT2D eigenvalue weighted by molar-refractivity contribution is 6.35. The van der Waals surface area contributed by atoms with Crippen molar-refractivity contribution in [1.82, 2.24) is 4.90 Å². The Hall–Kier alpha value is -2.97. The van der Waals surface area contributed by atoms with E-state index in [0.717, 1.165) is 30.1 Å². The molecule has 5 rings (SSSR count). The Balaban J connectivity index is 1.09. The molecule has 1 amide bonds. The molecule has 0 aliphatic carbocycles. The van der Waals surface area contributed by atoms with Crippen LogP contribution in [0.3, 0.4) is 0 Å². The first-order valence-electron chi connectivity index (χ1n) is 12.2. The summed E-state index contributed by atoms with van der Waals surface area (Å²) in [5, 5.41) is 1.06. The van der Waals surface area contributed by atoms with Gasteiger partial charge in [0.05, 0.1) is 11.6 Å². The third-order valence-corrected chi connectivity index (χ3v) is 7.03. The second-order valence-electron chi connectivity index (χ2n) is 9.08. The summed E-state index contributed by atoms with van der Waals surface area (Å²) in [5.41, 5.74) is 1.81. The third kappa shape index (κ3) is 6.13. The van der Waals surface area contributed by atoms with E-state index < -0.39 is 5.79 Å². The van der Waals surface area contributed by atoms with Crippen molar-refractivity contribution in [3.8, 4) is 11.5 Å². The van der Waals surface area contributed by atoms with E-state index in [1.54, 1.807) is 29.2 Å². The Kier molecular flexibility index (Phi) is 7.76. The largest absolute Gasteiger partial charge is 0.491 e. The van der Waals surface area contributed by atoms with Crippen molar-refractivity contribution in [1.29, 1.82) is 0 Å². The minimum atomic E-state index is -0.949. The zero-order valence-corrected chi connectivity index (χ0v) is 22.0. The van der Waals surface area contributed by atoms with Crippen molar-refractivity contribution in [2.45, 2.75) is 18.8 Å². The Morgan fingerprint density at radius 2 is 1.70 bits per heavy atom. The molecule has 9 heteroatoms. The molecule has 3 aromatic carbocycles. The number of para-hydroxylation sites is 1. The van der Waals surface area contributed by atoms with E-state index in [1.807, 2.05) is 55.5 Å². The van der Waals surface area contributed by atoms with Gasteiger partial charge < -0.3 is 28.7 Å². The molecule has 0 bridgehead atoms. The maximum absolute atomic E-state index is 12.4. The zero-order valence-electron chi connectivity index (χ0n) is 20.4. The molecule has 2 saturated heterocycles. The quantitative estimate of drug-likeness (QED) is 0.381. The molecule has 2 atom stereocenters. The highest BCUT2D eigenvalue weighted by Gasteiger charge is 2.40. The monoisotopic (exact) mass is 542 g/mol. The lowest BCUT2D eigenvalue weighted by atomic mass is 10.1. The van der Waals surface area contributed by atoms with Crippen LogP contribution in [0.15, 0.2) is 72.8 Å². The average molecular weight is 543 g/mol. The fraction of sp³-hybridized carbons (Fsp3) is 0.321. The van der Waals surface area contributed by atoms with Crippen molar-refractivity contribution in [2.75, 3.05) is 44.3 Å². The molecule has 0 spiro atoms. The van der Waals surface area contributed by atoms with Crippen LogP contribution in [0.4, 0.5) is 10.5 Å². The van der Waals surface area contributed by atoms with Crippen LogP contribution < -0.4 is 14.4 Å². The number of anilines is 1. The third-order valence-electron chi connectivity index (χ3n) is 6.48. The molecule has 2 aliphatic heterocycles. The first-order chi connectivity index (χ1) is 17.9. The van der Waals surface area contributed by atoms with E-state index in [4.69, 9.17) is 42.1 Å². The molecule has 0 aromatic heterocycles. The standard InChI is InChI=1S/C28H28Cl2N2O5/c1-28(25-12-7-20(29)17-26(25)30)35-19-24(37-28)18-34-22-10-8-21(9-11-22)31-13-15-32(16-14-31)27(33)36-23-5-3-2-4-6-23/h2-12,17,24H,13-16,18-19H2,1H3/t24?,28-/m0/s1. The van der Waals surface area contributed by atoms with E-state index in [1.165, 1.54) is 0 Å². The van der Waals surface area contributed by atoms with Crippen molar-refractivity contribution in [3.05, 3.63) is 88.4 Å². The topological polar surface area (TPSA) is 60.5 Å². The van der Waals surface area contributed by atoms with E-state index in [2.05, 4.69) is 4.90 Å². The summed E-state index contributed by atoms with van der Waals surface area (Å²) in [7, 11) is 0. The van der Waals surface area contributed by atoms with Crippen LogP contribution in [0.25, 0.3) is 0 Å². The Morgan fingerprint density at radius 3 is 2.41 bits per heavy atom. The highest BCUT2D eigenvalue weighted by atomic mass is 35.5. The van der Waals surface area contributed by atoms with Gasteiger partial charge >= 0.3 is 6.09 Å². The Labute approximate surface area is 226 Å². The molecular weight excluding hydrogens is 515 g/mol. The summed E-state index contributed by atoms with van der Waals surface area (Å²) in [4.78, 5) is 16.4. The van der Waals surface area contributed by atoms with Gasteiger partial charge in [0.15, 0.2) is 5.79 Å². The summed E-state index contributed by atoms with van der Waals surface area (Å²) >= 11 is 12.4. The highest BCUT2D eigenvalue weighted by Crippen LogP contribution is 2.38. The van der Waals surface area contributed by atoms with Crippen molar-refractivity contribution < 1.29 is 23.7 Å². The second kappa shape index (κ2) is 11.2. The number of ether oxygens (including phenoxy) is 4. The molecule has 0 saturated carbocycles. The van der Waals surface area contributed by atoms with Crippen LogP contribution in [-0.2, 0) is 15.3 Å².